The Balaban J connectivity index is 1.70. The van der Waals surface area contributed by atoms with Crippen LogP contribution in [0.3, 0.4) is 0 Å². The third-order valence-corrected chi connectivity index (χ3v) is 6.25. The molecule has 2 heterocycles. The minimum atomic E-state index is 0.370. The lowest BCUT2D eigenvalue weighted by Gasteiger charge is -2.27. The van der Waals surface area contributed by atoms with E-state index in [-0.39, 0.29) is 0 Å². The van der Waals surface area contributed by atoms with Gasteiger partial charge in [0.15, 0.2) is 0 Å². The summed E-state index contributed by atoms with van der Waals surface area (Å²) in [5.41, 5.74) is 1.47. The highest BCUT2D eigenvalue weighted by atomic mass is 35.5. The van der Waals surface area contributed by atoms with Crippen molar-refractivity contribution in [1.29, 1.82) is 0 Å². The van der Waals surface area contributed by atoms with Gasteiger partial charge in [0.05, 0.1) is 5.39 Å². The summed E-state index contributed by atoms with van der Waals surface area (Å²) in [6, 6.07) is 0.535. The van der Waals surface area contributed by atoms with Crippen LogP contribution in [0.15, 0.2) is 0 Å². The standard InChI is InChI=1S/C16H20ClN3S/c1-9-5-7-10(8-6-9)18-14-13-11-3-2-4-12(11)21-15(13)20-16(17)19-14/h9-10H,2-8H2,1H3,(H,18,19,20). The molecule has 0 radical (unpaired) electrons. The molecule has 0 amide bonds. The van der Waals surface area contributed by atoms with Crippen molar-refractivity contribution in [2.24, 2.45) is 5.92 Å². The molecule has 1 saturated carbocycles. The van der Waals surface area contributed by atoms with E-state index in [2.05, 4.69) is 22.2 Å². The van der Waals surface area contributed by atoms with E-state index < -0.39 is 0 Å². The molecule has 112 valence electrons. The second-order valence-corrected chi connectivity index (χ2v) is 7.90. The lowest BCUT2D eigenvalue weighted by Crippen LogP contribution is -2.25. The zero-order valence-corrected chi connectivity index (χ0v) is 13.9. The highest BCUT2D eigenvalue weighted by molar-refractivity contribution is 7.19. The van der Waals surface area contributed by atoms with Crippen molar-refractivity contribution in [3.8, 4) is 0 Å². The molecule has 2 aromatic heterocycles. The summed E-state index contributed by atoms with van der Waals surface area (Å²) in [5.74, 6) is 1.84. The summed E-state index contributed by atoms with van der Waals surface area (Å²) in [7, 11) is 0. The molecule has 0 aliphatic heterocycles. The number of thiophene rings is 1. The van der Waals surface area contributed by atoms with Gasteiger partial charge < -0.3 is 5.32 Å². The van der Waals surface area contributed by atoms with Crippen molar-refractivity contribution in [2.75, 3.05) is 5.32 Å². The molecule has 4 rings (SSSR count). The van der Waals surface area contributed by atoms with E-state index in [1.54, 1.807) is 11.3 Å². The van der Waals surface area contributed by atoms with E-state index in [4.69, 9.17) is 11.6 Å². The summed E-state index contributed by atoms with van der Waals surface area (Å²) in [6.07, 6.45) is 8.70. The van der Waals surface area contributed by atoms with Gasteiger partial charge in [-0.15, -0.1) is 11.3 Å². The average molecular weight is 322 g/mol. The Morgan fingerprint density at radius 1 is 1.14 bits per heavy atom. The molecule has 1 fully saturated rings. The first-order chi connectivity index (χ1) is 10.2. The van der Waals surface area contributed by atoms with Gasteiger partial charge in [0, 0.05) is 10.9 Å². The van der Waals surface area contributed by atoms with E-state index in [0.717, 1.165) is 23.0 Å². The first kappa shape index (κ1) is 13.8. The van der Waals surface area contributed by atoms with Crippen LogP contribution in [-0.4, -0.2) is 16.0 Å². The number of nitrogens with zero attached hydrogens (tertiary/aromatic N) is 2. The molecule has 3 nitrogen and oxygen atoms in total. The molecule has 2 aliphatic rings. The Morgan fingerprint density at radius 3 is 2.76 bits per heavy atom. The van der Waals surface area contributed by atoms with Crippen molar-refractivity contribution in [2.45, 2.75) is 57.9 Å². The Kier molecular flexibility index (Phi) is 3.54. The van der Waals surface area contributed by atoms with Gasteiger partial charge >= 0.3 is 0 Å². The van der Waals surface area contributed by atoms with Gasteiger partial charge in [-0.1, -0.05) is 6.92 Å². The van der Waals surface area contributed by atoms with Crippen LogP contribution in [0.2, 0.25) is 5.28 Å². The van der Waals surface area contributed by atoms with E-state index >= 15 is 0 Å². The highest BCUT2D eigenvalue weighted by Crippen LogP contribution is 2.40. The summed E-state index contributed by atoms with van der Waals surface area (Å²) in [5, 5.41) is 5.29. The number of aromatic nitrogens is 2. The van der Waals surface area contributed by atoms with Crippen LogP contribution in [0.5, 0.6) is 0 Å². The van der Waals surface area contributed by atoms with Gasteiger partial charge in [-0.2, -0.15) is 0 Å². The van der Waals surface area contributed by atoms with E-state index in [9.17, 15) is 0 Å². The fourth-order valence-corrected chi connectivity index (χ4v) is 5.15. The third kappa shape index (κ3) is 2.53. The number of anilines is 1. The number of fused-ring (bicyclic) bond motifs is 3. The molecular weight excluding hydrogens is 302 g/mol. The number of aryl methyl sites for hydroxylation is 2. The van der Waals surface area contributed by atoms with Crippen molar-refractivity contribution in [3.05, 3.63) is 15.7 Å². The minimum absolute atomic E-state index is 0.370. The zero-order valence-electron chi connectivity index (χ0n) is 12.3. The fraction of sp³-hybridized carbons (Fsp3) is 0.625. The maximum atomic E-state index is 6.13. The molecule has 21 heavy (non-hydrogen) atoms. The van der Waals surface area contributed by atoms with Gasteiger partial charge in [0.2, 0.25) is 5.28 Å². The summed E-state index contributed by atoms with van der Waals surface area (Å²) in [6.45, 7) is 2.35. The van der Waals surface area contributed by atoms with Crippen LogP contribution in [0.1, 0.15) is 49.5 Å². The molecule has 5 heteroatoms. The summed E-state index contributed by atoms with van der Waals surface area (Å²) < 4.78 is 0. The SMILES string of the molecule is CC1CCC(Nc2nc(Cl)nc3sc4c(c23)CCC4)CC1. The summed E-state index contributed by atoms with van der Waals surface area (Å²) in [4.78, 5) is 11.5. The number of nitrogens with one attached hydrogen (secondary N) is 1. The van der Waals surface area contributed by atoms with Crippen LogP contribution >= 0.6 is 22.9 Å². The van der Waals surface area contributed by atoms with Crippen molar-refractivity contribution in [3.63, 3.8) is 0 Å². The van der Waals surface area contributed by atoms with Crippen molar-refractivity contribution in [1.82, 2.24) is 9.97 Å². The molecule has 1 N–H and O–H groups in total. The van der Waals surface area contributed by atoms with Gasteiger partial charge in [0.25, 0.3) is 0 Å². The molecule has 2 aliphatic carbocycles. The zero-order chi connectivity index (χ0) is 14.4. The minimum Gasteiger partial charge on any atom is -0.367 e. The number of halogens is 1. The molecule has 0 bridgehead atoms. The molecule has 0 aromatic carbocycles. The van der Waals surface area contributed by atoms with E-state index in [0.29, 0.717) is 11.3 Å². The fourth-order valence-electron chi connectivity index (χ4n) is 3.67. The monoisotopic (exact) mass is 321 g/mol. The predicted molar refractivity (Wildman–Crippen MR) is 89.5 cm³/mol. The first-order valence-corrected chi connectivity index (χ1v) is 9.14. The van der Waals surface area contributed by atoms with Crippen molar-refractivity contribution < 1.29 is 0 Å². The third-order valence-electron chi connectivity index (χ3n) is 4.89. The van der Waals surface area contributed by atoms with Gasteiger partial charge in [-0.3, -0.25) is 0 Å². The summed E-state index contributed by atoms with van der Waals surface area (Å²) >= 11 is 7.93. The Bertz CT molecular complexity index is 674. The predicted octanol–water partition coefficient (Wildman–Crippen LogP) is 4.82. The number of hydrogen-bond acceptors (Lipinski definition) is 4. The number of rotatable bonds is 2. The van der Waals surface area contributed by atoms with Gasteiger partial charge in [-0.25, -0.2) is 9.97 Å². The molecule has 0 unspecified atom stereocenters. The van der Waals surface area contributed by atoms with E-state index in [1.165, 1.54) is 54.4 Å². The second-order valence-electron chi connectivity index (χ2n) is 6.48. The Morgan fingerprint density at radius 2 is 1.95 bits per heavy atom. The van der Waals surface area contributed by atoms with Gasteiger partial charge in [0.1, 0.15) is 10.6 Å². The maximum Gasteiger partial charge on any atom is 0.225 e. The average Bonchev–Trinajstić information content (AvgIpc) is 3.01. The smallest absolute Gasteiger partial charge is 0.225 e. The molecular formula is C16H20ClN3S. The highest BCUT2D eigenvalue weighted by Gasteiger charge is 2.24. The first-order valence-electron chi connectivity index (χ1n) is 7.95. The lowest BCUT2D eigenvalue weighted by atomic mass is 9.87. The number of hydrogen-bond donors (Lipinski definition) is 1. The lowest BCUT2D eigenvalue weighted by molar-refractivity contribution is 0.361. The maximum absolute atomic E-state index is 6.13. The van der Waals surface area contributed by atoms with Crippen LogP contribution in [0, 0.1) is 5.92 Å². The van der Waals surface area contributed by atoms with Crippen LogP contribution in [0.25, 0.3) is 10.2 Å². The Hall–Kier alpha value is -0.870. The molecule has 0 saturated heterocycles. The van der Waals surface area contributed by atoms with Crippen LogP contribution in [0.4, 0.5) is 5.82 Å². The molecule has 0 spiro atoms. The Labute approximate surface area is 134 Å². The van der Waals surface area contributed by atoms with Crippen LogP contribution < -0.4 is 5.32 Å². The molecule has 0 atom stereocenters. The normalized spacial score (nSPS) is 25.2. The second kappa shape index (κ2) is 5.40. The molecule has 2 aromatic rings. The van der Waals surface area contributed by atoms with Crippen LogP contribution in [-0.2, 0) is 12.8 Å². The van der Waals surface area contributed by atoms with Crippen molar-refractivity contribution >= 4 is 39.0 Å². The van der Waals surface area contributed by atoms with Gasteiger partial charge in [-0.05, 0) is 68.0 Å². The van der Waals surface area contributed by atoms with E-state index in [1.807, 2.05) is 0 Å². The quantitative estimate of drug-likeness (QED) is 0.805. The largest absolute Gasteiger partial charge is 0.367 e. The topological polar surface area (TPSA) is 37.8 Å².